The number of phenolic OH excluding ortho intramolecular Hbond substituents is 1. The van der Waals surface area contributed by atoms with Gasteiger partial charge in [-0.05, 0) is 30.7 Å². The number of aromatic nitrogens is 3. The summed E-state index contributed by atoms with van der Waals surface area (Å²) in [6.07, 6.45) is 3.09. The normalized spacial score (nSPS) is 11.3. The molecule has 0 aliphatic heterocycles. The van der Waals surface area contributed by atoms with Crippen LogP contribution in [-0.4, -0.2) is 30.8 Å². The lowest BCUT2D eigenvalue weighted by atomic mass is 10.0. The van der Waals surface area contributed by atoms with E-state index in [0.717, 1.165) is 5.56 Å². The van der Waals surface area contributed by atoms with E-state index >= 15 is 0 Å². The Balaban J connectivity index is 1.63. The number of nitrogens with one attached hydrogen (secondary N) is 1. The minimum Gasteiger partial charge on any atom is -0.505 e. The molecule has 3 N–H and O–H groups in total. The predicted molar refractivity (Wildman–Crippen MR) is 118 cm³/mol. The Morgan fingerprint density at radius 3 is 2.70 bits per heavy atom. The van der Waals surface area contributed by atoms with E-state index in [0.29, 0.717) is 22.2 Å². The van der Waals surface area contributed by atoms with E-state index in [2.05, 4.69) is 15.5 Å². The molecule has 0 radical (unpaired) electrons. The first kappa shape index (κ1) is 20.5. The van der Waals surface area contributed by atoms with Crippen LogP contribution in [0.3, 0.4) is 0 Å². The number of benzene rings is 2. The molecule has 9 heteroatoms. The van der Waals surface area contributed by atoms with Crippen molar-refractivity contribution in [3.8, 4) is 11.6 Å². The van der Waals surface area contributed by atoms with Crippen LogP contribution in [-0.2, 0) is 13.1 Å². The Labute approximate surface area is 186 Å². The number of aryl methyl sites for hydroxylation is 1. The molecule has 33 heavy (non-hydrogen) atoms. The van der Waals surface area contributed by atoms with Gasteiger partial charge in [0.05, 0.1) is 24.0 Å². The fourth-order valence-corrected chi connectivity index (χ4v) is 3.94. The van der Waals surface area contributed by atoms with Gasteiger partial charge in [-0.15, -0.1) is 0 Å². The summed E-state index contributed by atoms with van der Waals surface area (Å²) in [5, 5.41) is 29.4. The third-order valence-corrected chi connectivity index (χ3v) is 5.46. The molecular formula is C24H19FN4O4. The fraction of sp³-hybridized carbons (Fsp3) is 0.125. The van der Waals surface area contributed by atoms with Crippen molar-refractivity contribution in [1.82, 2.24) is 20.0 Å². The van der Waals surface area contributed by atoms with E-state index in [9.17, 15) is 19.4 Å². The standard InChI is InChI=1S/C24H19FN4O4/c1-13-9-16(28-33-13)10-27-23(31)19-17-3-2-8-26-21(17)22(30)20-18(19)12-29(24(20)32)11-14-4-6-15(25)7-5-14/h2-9,12,30,32H,10-11H2,1H3,(H,27,31). The Bertz CT molecular complexity index is 1510. The molecule has 1 amide bonds. The molecule has 0 aliphatic carbocycles. The number of aromatic hydroxyl groups is 2. The Kier molecular flexibility index (Phi) is 4.93. The SMILES string of the molecule is Cc1cc(CNC(=O)c2c3cccnc3c(O)c3c(O)n(Cc4ccc(F)cc4)cc23)no1. The highest BCUT2D eigenvalue weighted by molar-refractivity contribution is 6.21. The molecule has 0 fully saturated rings. The van der Waals surface area contributed by atoms with Crippen molar-refractivity contribution in [2.45, 2.75) is 20.0 Å². The zero-order valence-corrected chi connectivity index (χ0v) is 17.5. The van der Waals surface area contributed by atoms with Crippen LogP contribution < -0.4 is 5.32 Å². The molecule has 5 rings (SSSR count). The highest BCUT2D eigenvalue weighted by Crippen LogP contribution is 2.42. The molecule has 0 bridgehead atoms. The number of carbonyl (C=O) groups is 1. The first-order chi connectivity index (χ1) is 15.9. The number of pyridine rings is 1. The summed E-state index contributed by atoms with van der Waals surface area (Å²) in [5.41, 5.74) is 1.76. The van der Waals surface area contributed by atoms with Crippen LogP contribution in [0, 0.1) is 12.7 Å². The average Bonchev–Trinajstić information content (AvgIpc) is 3.37. The van der Waals surface area contributed by atoms with E-state index in [1.165, 1.54) is 22.9 Å². The van der Waals surface area contributed by atoms with E-state index in [1.54, 1.807) is 43.5 Å². The Morgan fingerprint density at radius 1 is 1.18 bits per heavy atom. The maximum absolute atomic E-state index is 13.3. The van der Waals surface area contributed by atoms with Gasteiger partial charge in [-0.2, -0.15) is 0 Å². The van der Waals surface area contributed by atoms with Crippen LogP contribution in [0.15, 0.2) is 59.4 Å². The molecule has 0 spiro atoms. The number of hydrogen-bond acceptors (Lipinski definition) is 6. The van der Waals surface area contributed by atoms with Gasteiger partial charge in [0.2, 0.25) is 5.88 Å². The lowest BCUT2D eigenvalue weighted by molar-refractivity contribution is 0.0953. The van der Waals surface area contributed by atoms with Gasteiger partial charge >= 0.3 is 0 Å². The number of amides is 1. The van der Waals surface area contributed by atoms with Crippen LogP contribution in [0.2, 0.25) is 0 Å². The number of carbonyl (C=O) groups excluding carboxylic acids is 1. The highest BCUT2D eigenvalue weighted by atomic mass is 19.1. The third kappa shape index (κ3) is 3.63. The van der Waals surface area contributed by atoms with Gasteiger partial charge in [0.15, 0.2) is 5.75 Å². The lowest BCUT2D eigenvalue weighted by Gasteiger charge is -2.10. The van der Waals surface area contributed by atoms with Gasteiger partial charge in [0.1, 0.15) is 22.8 Å². The number of rotatable bonds is 5. The third-order valence-electron chi connectivity index (χ3n) is 5.46. The second-order valence-electron chi connectivity index (χ2n) is 7.73. The first-order valence-electron chi connectivity index (χ1n) is 10.2. The Hall–Kier alpha value is -4.40. The first-order valence-corrected chi connectivity index (χ1v) is 10.2. The van der Waals surface area contributed by atoms with Crippen molar-refractivity contribution in [2.24, 2.45) is 0 Å². The van der Waals surface area contributed by atoms with Crippen molar-refractivity contribution in [3.05, 3.63) is 83.3 Å². The molecule has 2 aromatic carbocycles. The molecule has 8 nitrogen and oxygen atoms in total. The summed E-state index contributed by atoms with van der Waals surface area (Å²) in [7, 11) is 0. The molecule has 0 saturated heterocycles. The largest absolute Gasteiger partial charge is 0.505 e. The molecule has 0 aliphatic rings. The van der Waals surface area contributed by atoms with Gasteiger partial charge in [-0.3, -0.25) is 9.78 Å². The van der Waals surface area contributed by atoms with Crippen molar-refractivity contribution in [2.75, 3.05) is 0 Å². The molecule has 3 aromatic heterocycles. The molecule has 0 atom stereocenters. The number of phenols is 1. The molecule has 5 aromatic rings. The monoisotopic (exact) mass is 446 g/mol. The lowest BCUT2D eigenvalue weighted by Crippen LogP contribution is -2.23. The summed E-state index contributed by atoms with van der Waals surface area (Å²) in [6, 6.07) is 10.9. The zero-order valence-electron chi connectivity index (χ0n) is 17.5. The van der Waals surface area contributed by atoms with Crippen molar-refractivity contribution < 1.29 is 23.9 Å². The molecule has 166 valence electrons. The number of halogens is 1. The van der Waals surface area contributed by atoms with Crippen LogP contribution in [0.4, 0.5) is 4.39 Å². The van der Waals surface area contributed by atoms with Gasteiger partial charge < -0.3 is 24.6 Å². The predicted octanol–water partition coefficient (Wildman–Crippen LogP) is 4.01. The molecular weight excluding hydrogens is 427 g/mol. The van der Waals surface area contributed by atoms with E-state index in [-0.39, 0.29) is 47.0 Å². The van der Waals surface area contributed by atoms with Gasteiger partial charge in [-0.25, -0.2) is 4.39 Å². The van der Waals surface area contributed by atoms with Crippen molar-refractivity contribution in [3.63, 3.8) is 0 Å². The minimum absolute atomic E-state index is 0.116. The zero-order chi connectivity index (χ0) is 23.1. The van der Waals surface area contributed by atoms with Crippen molar-refractivity contribution in [1.29, 1.82) is 0 Å². The van der Waals surface area contributed by atoms with Gasteiger partial charge in [0, 0.05) is 29.2 Å². The maximum atomic E-state index is 13.3. The summed E-state index contributed by atoms with van der Waals surface area (Å²) in [5.74, 6) is -0.599. The number of hydrogen-bond donors (Lipinski definition) is 3. The quantitative estimate of drug-likeness (QED) is 0.376. The second-order valence-corrected chi connectivity index (χ2v) is 7.73. The molecule has 0 unspecified atom stereocenters. The van der Waals surface area contributed by atoms with Gasteiger partial charge in [0.25, 0.3) is 5.91 Å². The second kappa shape index (κ2) is 7.94. The molecule has 3 heterocycles. The number of nitrogens with zero attached hydrogens (tertiary/aromatic N) is 3. The van der Waals surface area contributed by atoms with Crippen LogP contribution in [0.25, 0.3) is 21.7 Å². The van der Waals surface area contributed by atoms with E-state index in [4.69, 9.17) is 4.52 Å². The van der Waals surface area contributed by atoms with Gasteiger partial charge in [-0.1, -0.05) is 23.4 Å². The fourth-order valence-electron chi connectivity index (χ4n) is 3.94. The van der Waals surface area contributed by atoms with Crippen LogP contribution in [0.1, 0.15) is 27.4 Å². The summed E-state index contributed by atoms with van der Waals surface area (Å²) in [6.45, 7) is 2.11. The molecule has 0 saturated carbocycles. The van der Waals surface area contributed by atoms with Crippen LogP contribution in [0.5, 0.6) is 11.6 Å². The van der Waals surface area contributed by atoms with E-state index in [1.807, 2.05) is 0 Å². The smallest absolute Gasteiger partial charge is 0.252 e. The minimum atomic E-state index is -0.419. The summed E-state index contributed by atoms with van der Waals surface area (Å²) in [4.78, 5) is 17.5. The summed E-state index contributed by atoms with van der Waals surface area (Å²) >= 11 is 0. The van der Waals surface area contributed by atoms with Crippen LogP contribution >= 0.6 is 0 Å². The van der Waals surface area contributed by atoms with Crippen molar-refractivity contribution >= 4 is 27.6 Å². The Morgan fingerprint density at radius 2 is 1.97 bits per heavy atom. The highest BCUT2D eigenvalue weighted by Gasteiger charge is 2.24. The summed E-state index contributed by atoms with van der Waals surface area (Å²) < 4.78 is 19.8. The van der Waals surface area contributed by atoms with E-state index < -0.39 is 5.91 Å². The number of fused-ring (bicyclic) bond motifs is 2. The maximum Gasteiger partial charge on any atom is 0.252 e. The average molecular weight is 446 g/mol. The topological polar surface area (TPSA) is 113 Å².